The van der Waals surface area contributed by atoms with Crippen molar-refractivity contribution in [2.45, 2.75) is 12.5 Å². The lowest BCUT2D eigenvalue weighted by atomic mass is 9.97. The zero-order chi connectivity index (χ0) is 17.1. The Balaban J connectivity index is 1.91. The van der Waals surface area contributed by atoms with E-state index in [4.69, 9.17) is 11.6 Å². The Kier molecular flexibility index (Phi) is 4.97. The first-order valence-corrected chi connectivity index (χ1v) is 8.33. The fraction of sp³-hybridized carbons (Fsp3) is 0.263. The van der Waals surface area contributed by atoms with Crippen molar-refractivity contribution < 1.29 is 9.59 Å². The van der Waals surface area contributed by atoms with Crippen LogP contribution in [0.15, 0.2) is 48.5 Å². The normalized spacial score (nSPS) is 16.8. The summed E-state index contributed by atoms with van der Waals surface area (Å²) in [6.45, 7) is 1.70. The second kappa shape index (κ2) is 7.16. The summed E-state index contributed by atoms with van der Waals surface area (Å²) in [5.74, 6) is -0.296. The first kappa shape index (κ1) is 16.7. The Labute approximate surface area is 146 Å². The minimum absolute atomic E-state index is 0.124. The lowest BCUT2D eigenvalue weighted by Gasteiger charge is -2.24. The number of benzene rings is 2. The van der Waals surface area contributed by atoms with Gasteiger partial charge in [0.15, 0.2) is 5.78 Å². The molecule has 0 bridgehead atoms. The Morgan fingerprint density at radius 2 is 1.75 bits per heavy atom. The van der Waals surface area contributed by atoms with Gasteiger partial charge >= 0.3 is 0 Å². The molecule has 24 heavy (non-hydrogen) atoms. The van der Waals surface area contributed by atoms with E-state index >= 15 is 0 Å². The Morgan fingerprint density at radius 3 is 2.38 bits per heavy atom. The zero-order valence-corrected chi connectivity index (χ0v) is 14.2. The summed E-state index contributed by atoms with van der Waals surface area (Å²) in [6.07, 6.45) is 0.926. The van der Waals surface area contributed by atoms with Crippen LogP contribution >= 0.6 is 11.6 Å². The van der Waals surface area contributed by atoms with Crippen LogP contribution in [-0.4, -0.2) is 42.8 Å². The molecule has 1 heterocycles. The molecule has 1 amide bonds. The molecule has 0 spiro atoms. The van der Waals surface area contributed by atoms with Crippen LogP contribution in [0.5, 0.6) is 0 Å². The standard InChI is InChI=1S/C19H19ClN2O2/c1-22(15-10-11-21-12-15)19(24)17-5-3-2-4-16(17)18(23)13-6-8-14(20)9-7-13/h2-9,15,21H,10-12H2,1H3. The van der Waals surface area contributed by atoms with Crippen molar-refractivity contribution in [3.8, 4) is 0 Å². The maximum Gasteiger partial charge on any atom is 0.254 e. The summed E-state index contributed by atoms with van der Waals surface area (Å²) in [5, 5.41) is 3.83. The van der Waals surface area contributed by atoms with Gasteiger partial charge in [0.25, 0.3) is 5.91 Å². The monoisotopic (exact) mass is 342 g/mol. The van der Waals surface area contributed by atoms with E-state index in [0.717, 1.165) is 19.5 Å². The molecule has 4 nitrogen and oxygen atoms in total. The third kappa shape index (κ3) is 3.35. The molecule has 1 aliphatic heterocycles. The molecule has 0 aromatic heterocycles. The Hall–Kier alpha value is -2.17. The number of hydrogen-bond donors (Lipinski definition) is 1. The van der Waals surface area contributed by atoms with Gasteiger partial charge in [-0.15, -0.1) is 0 Å². The smallest absolute Gasteiger partial charge is 0.254 e. The highest BCUT2D eigenvalue weighted by Gasteiger charge is 2.26. The second-order valence-electron chi connectivity index (χ2n) is 5.94. The molecule has 1 atom stereocenters. The van der Waals surface area contributed by atoms with Gasteiger partial charge in [0, 0.05) is 35.8 Å². The predicted molar refractivity (Wildman–Crippen MR) is 94.7 cm³/mol. The van der Waals surface area contributed by atoms with Crippen LogP contribution in [-0.2, 0) is 0 Å². The van der Waals surface area contributed by atoms with E-state index in [1.807, 2.05) is 0 Å². The highest BCUT2D eigenvalue weighted by atomic mass is 35.5. The summed E-state index contributed by atoms with van der Waals surface area (Å²) in [5.41, 5.74) is 1.37. The molecule has 2 aromatic rings. The number of carbonyl (C=O) groups is 2. The van der Waals surface area contributed by atoms with Gasteiger partial charge in [-0.1, -0.05) is 29.8 Å². The van der Waals surface area contributed by atoms with Crippen molar-refractivity contribution in [2.24, 2.45) is 0 Å². The van der Waals surface area contributed by atoms with E-state index in [1.165, 1.54) is 0 Å². The fourth-order valence-electron chi connectivity index (χ4n) is 2.95. The SMILES string of the molecule is CN(C(=O)c1ccccc1C(=O)c1ccc(Cl)cc1)C1CCNC1. The molecular formula is C19H19ClN2O2. The van der Waals surface area contributed by atoms with Gasteiger partial charge in [0.1, 0.15) is 0 Å². The largest absolute Gasteiger partial charge is 0.337 e. The van der Waals surface area contributed by atoms with E-state index < -0.39 is 0 Å². The van der Waals surface area contributed by atoms with Crippen molar-refractivity contribution in [1.29, 1.82) is 0 Å². The van der Waals surface area contributed by atoms with Crippen molar-refractivity contribution >= 4 is 23.3 Å². The van der Waals surface area contributed by atoms with Gasteiger partial charge < -0.3 is 10.2 Å². The van der Waals surface area contributed by atoms with Crippen LogP contribution in [0.25, 0.3) is 0 Å². The Bertz CT molecular complexity index is 752. The molecule has 5 heteroatoms. The number of likely N-dealkylation sites (N-methyl/N-ethyl adjacent to an activating group) is 1. The number of nitrogens with one attached hydrogen (secondary N) is 1. The first-order valence-electron chi connectivity index (χ1n) is 7.95. The van der Waals surface area contributed by atoms with Gasteiger partial charge in [0.2, 0.25) is 0 Å². The molecule has 1 saturated heterocycles. The molecule has 0 aliphatic carbocycles. The summed E-state index contributed by atoms with van der Waals surface area (Å²) >= 11 is 5.88. The quantitative estimate of drug-likeness (QED) is 0.869. The molecule has 1 N–H and O–H groups in total. The third-order valence-electron chi connectivity index (χ3n) is 4.41. The number of carbonyl (C=O) groups excluding carboxylic acids is 2. The molecular weight excluding hydrogens is 324 g/mol. The minimum atomic E-state index is -0.173. The van der Waals surface area contributed by atoms with E-state index in [1.54, 1.807) is 60.5 Å². The number of halogens is 1. The Morgan fingerprint density at radius 1 is 1.08 bits per heavy atom. The van der Waals surface area contributed by atoms with Gasteiger partial charge in [0.05, 0.1) is 5.56 Å². The maximum absolute atomic E-state index is 12.9. The molecule has 124 valence electrons. The lowest BCUT2D eigenvalue weighted by molar-refractivity contribution is 0.0739. The van der Waals surface area contributed by atoms with Crippen LogP contribution < -0.4 is 5.32 Å². The van der Waals surface area contributed by atoms with Crippen LogP contribution in [0.2, 0.25) is 5.02 Å². The van der Waals surface area contributed by atoms with E-state index in [9.17, 15) is 9.59 Å². The molecule has 1 aliphatic rings. The minimum Gasteiger partial charge on any atom is -0.337 e. The number of ketones is 1. The summed E-state index contributed by atoms with van der Waals surface area (Å²) in [4.78, 5) is 27.4. The highest BCUT2D eigenvalue weighted by molar-refractivity contribution is 6.30. The van der Waals surface area contributed by atoms with Crippen LogP contribution in [0.3, 0.4) is 0 Å². The molecule has 1 unspecified atom stereocenters. The molecule has 1 fully saturated rings. The van der Waals surface area contributed by atoms with Gasteiger partial charge in [-0.2, -0.15) is 0 Å². The van der Waals surface area contributed by atoms with E-state index in [2.05, 4.69) is 5.32 Å². The molecule has 2 aromatic carbocycles. The molecule has 0 radical (unpaired) electrons. The van der Waals surface area contributed by atoms with Crippen LogP contribution in [0.1, 0.15) is 32.7 Å². The number of amides is 1. The van der Waals surface area contributed by atoms with Gasteiger partial charge in [-0.3, -0.25) is 9.59 Å². The second-order valence-corrected chi connectivity index (χ2v) is 6.38. The summed E-state index contributed by atoms with van der Waals surface area (Å²) < 4.78 is 0. The number of rotatable bonds is 4. The lowest BCUT2D eigenvalue weighted by Crippen LogP contribution is -2.39. The molecule has 0 saturated carbocycles. The number of nitrogens with zero attached hydrogens (tertiary/aromatic N) is 1. The topological polar surface area (TPSA) is 49.4 Å². The summed E-state index contributed by atoms with van der Waals surface area (Å²) in [7, 11) is 1.80. The van der Waals surface area contributed by atoms with Gasteiger partial charge in [-0.25, -0.2) is 0 Å². The van der Waals surface area contributed by atoms with Crippen molar-refractivity contribution in [2.75, 3.05) is 20.1 Å². The van der Waals surface area contributed by atoms with Crippen molar-refractivity contribution in [3.05, 3.63) is 70.2 Å². The van der Waals surface area contributed by atoms with E-state index in [0.29, 0.717) is 21.7 Å². The summed E-state index contributed by atoms with van der Waals surface area (Å²) in [6, 6.07) is 13.8. The van der Waals surface area contributed by atoms with Crippen molar-refractivity contribution in [3.63, 3.8) is 0 Å². The zero-order valence-electron chi connectivity index (χ0n) is 13.5. The van der Waals surface area contributed by atoms with Crippen LogP contribution in [0, 0.1) is 0 Å². The predicted octanol–water partition coefficient (Wildman–Crippen LogP) is 3.00. The average Bonchev–Trinajstić information content (AvgIpc) is 3.15. The average molecular weight is 343 g/mol. The first-order chi connectivity index (χ1) is 11.6. The number of hydrogen-bond acceptors (Lipinski definition) is 3. The highest BCUT2D eigenvalue weighted by Crippen LogP contribution is 2.19. The maximum atomic E-state index is 12.9. The van der Waals surface area contributed by atoms with Crippen LogP contribution in [0.4, 0.5) is 0 Å². The van der Waals surface area contributed by atoms with Crippen molar-refractivity contribution in [1.82, 2.24) is 10.2 Å². The molecule has 3 rings (SSSR count). The van der Waals surface area contributed by atoms with E-state index in [-0.39, 0.29) is 17.7 Å². The fourth-order valence-corrected chi connectivity index (χ4v) is 3.08. The van der Waals surface area contributed by atoms with Gasteiger partial charge in [-0.05, 0) is 43.3 Å². The third-order valence-corrected chi connectivity index (χ3v) is 4.66.